The van der Waals surface area contributed by atoms with Crippen LogP contribution in [0.3, 0.4) is 0 Å². The first kappa shape index (κ1) is 13.2. The number of halogens is 2. The van der Waals surface area contributed by atoms with Gasteiger partial charge < -0.3 is 0 Å². The fourth-order valence-corrected chi connectivity index (χ4v) is 2.99. The maximum Gasteiger partial charge on any atom is 0.265 e. The van der Waals surface area contributed by atoms with Gasteiger partial charge in [0, 0.05) is 5.02 Å². The number of nitrogens with one attached hydrogen (secondary N) is 2. The summed E-state index contributed by atoms with van der Waals surface area (Å²) in [4.78, 5) is 0.0681. The van der Waals surface area contributed by atoms with Gasteiger partial charge in [0.25, 0.3) is 10.0 Å². The molecule has 0 saturated heterocycles. The summed E-state index contributed by atoms with van der Waals surface area (Å²) in [5, 5.41) is 6.88. The van der Waals surface area contributed by atoms with Crippen LogP contribution in [0.1, 0.15) is 5.69 Å². The highest BCUT2D eigenvalue weighted by molar-refractivity contribution is 7.92. The van der Waals surface area contributed by atoms with Gasteiger partial charge in [-0.05, 0) is 25.1 Å². The molecular weight excluding hydrogens is 297 g/mol. The van der Waals surface area contributed by atoms with Crippen molar-refractivity contribution in [2.45, 2.75) is 11.8 Å². The Bertz CT molecular complexity index is 682. The Hall–Kier alpha value is -1.24. The molecule has 1 heterocycles. The lowest BCUT2D eigenvalue weighted by molar-refractivity contribution is 0.600. The van der Waals surface area contributed by atoms with Gasteiger partial charge >= 0.3 is 0 Å². The average molecular weight is 306 g/mol. The molecule has 0 radical (unpaired) electrons. The lowest BCUT2D eigenvalue weighted by Gasteiger charge is -2.09. The molecule has 0 fully saturated rings. The van der Waals surface area contributed by atoms with E-state index in [0.29, 0.717) is 10.7 Å². The molecule has 1 aromatic heterocycles. The van der Waals surface area contributed by atoms with Gasteiger partial charge in [-0.2, -0.15) is 5.10 Å². The van der Waals surface area contributed by atoms with Crippen molar-refractivity contribution in [1.29, 1.82) is 0 Å². The van der Waals surface area contributed by atoms with Crippen molar-refractivity contribution in [1.82, 2.24) is 10.2 Å². The first-order valence-electron chi connectivity index (χ1n) is 4.88. The van der Waals surface area contributed by atoms with Gasteiger partial charge in [0.05, 0.1) is 22.6 Å². The van der Waals surface area contributed by atoms with Crippen molar-refractivity contribution >= 4 is 38.9 Å². The summed E-state index contributed by atoms with van der Waals surface area (Å²) in [6.07, 6.45) is 1.23. The topological polar surface area (TPSA) is 74.8 Å². The van der Waals surface area contributed by atoms with E-state index in [1.54, 1.807) is 13.0 Å². The van der Waals surface area contributed by atoms with Crippen molar-refractivity contribution in [2.24, 2.45) is 0 Å². The molecule has 18 heavy (non-hydrogen) atoms. The highest BCUT2D eigenvalue weighted by Gasteiger charge is 2.19. The van der Waals surface area contributed by atoms with E-state index in [1.807, 2.05) is 0 Å². The van der Waals surface area contributed by atoms with Crippen molar-refractivity contribution in [3.05, 3.63) is 40.1 Å². The number of hydrogen-bond acceptors (Lipinski definition) is 3. The minimum Gasteiger partial charge on any atom is -0.281 e. The molecular formula is C10H9Cl2N3O2S. The van der Waals surface area contributed by atoms with Crippen LogP contribution in [0, 0.1) is 6.92 Å². The van der Waals surface area contributed by atoms with Crippen LogP contribution in [-0.2, 0) is 10.0 Å². The number of nitrogens with zero attached hydrogens (tertiary/aromatic N) is 1. The number of benzene rings is 1. The number of aryl methyl sites for hydroxylation is 1. The summed E-state index contributed by atoms with van der Waals surface area (Å²) in [5.74, 6) is 0. The summed E-state index contributed by atoms with van der Waals surface area (Å²) in [7, 11) is -3.73. The van der Waals surface area contributed by atoms with E-state index in [4.69, 9.17) is 23.2 Å². The molecule has 0 atom stereocenters. The van der Waals surface area contributed by atoms with Crippen LogP contribution in [0.15, 0.2) is 29.3 Å². The third-order valence-electron chi connectivity index (χ3n) is 2.25. The van der Waals surface area contributed by atoms with E-state index < -0.39 is 10.0 Å². The first-order chi connectivity index (χ1) is 8.40. The Morgan fingerprint density at radius 1 is 1.33 bits per heavy atom. The van der Waals surface area contributed by atoms with Crippen LogP contribution < -0.4 is 4.72 Å². The zero-order valence-electron chi connectivity index (χ0n) is 9.24. The second-order valence-electron chi connectivity index (χ2n) is 3.59. The van der Waals surface area contributed by atoms with Gasteiger partial charge in [0.2, 0.25) is 0 Å². The Balaban J connectivity index is 2.40. The molecule has 96 valence electrons. The monoisotopic (exact) mass is 305 g/mol. The second-order valence-corrected chi connectivity index (χ2v) is 6.08. The molecule has 0 unspecified atom stereocenters. The fraction of sp³-hybridized carbons (Fsp3) is 0.100. The van der Waals surface area contributed by atoms with Crippen LogP contribution in [0.2, 0.25) is 10.0 Å². The van der Waals surface area contributed by atoms with E-state index in [-0.39, 0.29) is 15.6 Å². The van der Waals surface area contributed by atoms with Crippen LogP contribution >= 0.6 is 23.2 Å². The number of aromatic amines is 1. The molecule has 2 aromatic rings. The van der Waals surface area contributed by atoms with Gasteiger partial charge in [-0.25, -0.2) is 8.42 Å². The molecule has 0 bridgehead atoms. The predicted octanol–water partition coefficient (Wildman–Crippen LogP) is 2.83. The summed E-state index contributed by atoms with van der Waals surface area (Å²) < 4.78 is 26.5. The lowest BCUT2D eigenvalue weighted by atomic mass is 10.3. The number of anilines is 1. The Morgan fingerprint density at radius 3 is 2.67 bits per heavy atom. The largest absolute Gasteiger partial charge is 0.281 e. The first-order valence-corrected chi connectivity index (χ1v) is 7.12. The summed E-state index contributed by atoms with van der Waals surface area (Å²) >= 11 is 11.7. The van der Waals surface area contributed by atoms with Gasteiger partial charge in [-0.15, -0.1) is 0 Å². The maximum atomic E-state index is 12.1. The Morgan fingerprint density at radius 2 is 2.06 bits per heavy atom. The summed E-state index contributed by atoms with van der Waals surface area (Å²) in [6, 6.07) is 4.53. The molecule has 2 N–H and O–H groups in total. The average Bonchev–Trinajstić information content (AvgIpc) is 2.70. The third-order valence-corrected chi connectivity index (χ3v) is 4.29. The Kier molecular flexibility index (Phi) is 3.52. The number of H-pyrrole nitrogens is 1. The summed E-state index contributed by atoms with van der Waals surface area (Å²) in [5.41, 5.74) is 0.672. The maximum absolute atomic E-state index is 12.1. The molecule has 1 aromatic carbocycles. The van der Waals surface area contributed by atoms with Crippen molar-refractivity contribution < 1.29 is 8.42 Å². The standard InChI is InChI=1S/C10H9Cl2N3O2S/c1-6-10(5-13-14-6)18(16,17)15-9-4-7(11)2-3-8(9)12/h2-5,15H,1H3,(H,13,14). The van der Waals surface area contributed by atoms with Crippen molar-refractivity contribution in [2.75, 3.05) is 4.72 Å². The van der Waals surface area contributed by atoms with Crippen molar-refractivity contribution in [3.8, 4) is 0 Å². The predicted molar refractivity (Wildman–Crippen MR) is 70.6 cm³/mol. The van der Waals surface area contributed by atoms with E-state index >= 15 is 0 Å². The van der Waals surface area contributed by atoms with Crippen LogP contribution in [-0.4, -0.2) is 18.6 Å². The molecule has 5 nitrogen and oxygen atoms in total. The van der Waals surface area contributed by atoms with Crippen LogP contribution in [0.25, 0.3) is 0 Å². The van der Waals surface area contributed by atoms with E-state index in [2.05, 4.69) is 14.9 Å². The third kappa shape index (κ3) is 2.60. The van der Waals surface area contributed by atoms with Gasteiger partial charge in [-0.3, -0.25) is 9.82 Å². The zero-order chi connectivity index (χ0) is 13.3. The normalized spacial score (nSPS) is 11.5. The molecule has 0 aliphatic heterocycles. The lowest BCUT2D eigenvalue weighted by Crippen LogP contribution is -2.13. The molecule has 0 spiro atoms. The van der Waals surface area contributed by atoms with Crippen LogP contribution in [0.5, 0.6) is 0 Å². The highest BCUT2D eigenvalue weighted by atomic mass is 35.5. The number of aromatic nitrogens is 2. The molecule has 0 amide bonds. The molecule has 8 heteroatoms. The number of rotatable bonds is 3. The number of hydrogen-bond donors (Lipinski definition) is 2. The van der Waals surface area contributed by atoms with E-state index in [9.17, 15) is 8.42 Å². The van der Waals surface area contributed by atoms with Gasteiger partial charge in [-0.1, -0.05) is 23.2 Å². The molecule has 0 saturated carbocycles. The smallest absolute Gasteiger partial charge is 0.265 e. The number of sulfonamides is 1. The van der Waals surface area contributed by atoms with Crippen molar-refractivity contribution in [3.63, 3.8) is 0 Å². The van der Waals surface area contributed by atoms with Gasteiger partial charge in [0.15, 0.2) is 0 Å². The highest BCUT2D eigenvalue weighted by Crippen LogP contribution is 2.27. The van der Waals surface area contributed by atoms with E-state index in [0.717, 1.165) is 0 Å². The SMILES string of the molecule is Cc1[nH]ncc1S(=O)(=O)Nc1cc(Cl)ccc1Cl. The molecule has 0 aliphatic carbocycles. The molecule has 2 rings (SSSR count). The minimum absolute atomic E-state index is 0.0681. The Labute approximate surface area is 114 Å². The van der Waals surface area contributed by atoms with Crippen LogP contribution in [0.4, 0.5) is 5.69 Å². The summed E-state index contributed by atoms with van der Waals surface area (Å²) in [6.45, 7) is 1.61. The molecule has 0 aliphatic rings. The van der Waals surface area contributed by atoms with E-state index in [1.165, 1.54) is 18.3 Å². The minimum atomic E-state index is -3.73. The van der Waals surface area contributed by atoms with Gasteiger partial charge in [0.1, 0.15) is 4.90 Å². The zero-order valence-corrected chi connectivity index (χ0v) is 11.6. The second kappa shape index (κ2) is 4.79. The quantitative estimate of drug-likeness (QED) is 0.915. The fourth-order valence-electron chi connectivity index (χ4n) is 1.39.